The summed E-state index contributed by atoms with van der Waals surface area (Å²) in [7, 11) is 3.51. The Kier molecular flexibility index (Phi) is 7.24. The first-order chi connectivity index (χ1) is 11.9. The first-order valence-corrected chi connectivity index (χ1v) is 9.10. The fourth-order valence-corrected chi connectivity index (χ4v) is 2.54. The monoisotopic (exact) mass is 451 g/mol. The number of carbonyl (C=O) groups is 2. The van der Waals surface area contributed by atoms with Gasteiger partial charge < -0.3 is 15.5 Å². The van der Waals surface area contributed by atoms with Crippen LogP contribution in [0.25, 0.3) is 0 Å². The maximum Gasteiger partial charge on any atom is 0.243 e. The lowest BCUT2D eigenvalue weighted by atomic mass is 10.1. The van der Waals surface area contributed by atoms with Crippen LogP contribution in [-0.4, -0.2) is 37.4 Å². The van der Waals surface area contributed by atoms with Gasteiger partial charge in [-0.05, 0) is 71.0 Å². The van der Waals surface area contributed by atoms with E-state index in [9.17, 15) is 9.59 Å². The Balaban J connectivity index is 1.78. The third-order valence-electron chi connectivity index (χ3n) is 3.66. The van der Waals surface area contributed by atoms with Crippen molar-refractivity contribution in [3.8, 4) is 0 Å². The second-order valence-corrected chi connectivity index (χ2v) is 7.14. The summed E-state index contributed by atoms with van der Waals surface area (Å²) in [6, 6.07) is 15.4. The zero-order chi connectivity index (χ0) is 18.2. The van der Waals surface area contributed by atoms with E-state index in [1.165, 1.54) is 0 Å². The molecule has 25 heavy (non-hydrogen) atoms. The molecule has 0 unspecified atom stereocenters. The quantitative estimate of drug-likeness (QED) is 0.635. The van der Waals surface area contributed by atoms with Crippen molar-refractivity contribution >= 4 is 45.8 Å². The van der Waals surface area contributed by atoms with E-state index in [-0.39, 0.29) is 18.4 Å². The van der Waals surface area contributed by atoms with Crippen molar-refractivity contribution in [3.63, 3.8) is 0 Å². The summed E-state index contributed by atoms with van der Waals surface area (Å²) >= 11 is 2.24. The third-order valence-corrected chi connectivity index (χ3v) is 4.38. The average molecular weight is 451 g/mol. The molecule has 5 nitrogen and oxygen atoms in total. The molecule has 0 saturated heterocycles. The Labute approximate surface area is 161 Å². The zero-order valence-electron chi connectivity index (χ0n) is 14.4. The molecular formula is C19H22IN3O2. The average Bonchev–Trinajstić information content (AvgIpc) is 2.60. The van der Waals surface area contributed by atoms with Gasteiger partial charge in [-0.2, -0.15) is 0 Å². The van der Waals surface area contributed by atoms with Crippen molar-refractivity contribution in [2.75, 3.05) is 31.3 Å². The summed E-state index contributed by atoms with van der Waals surface area (Å²) < 4.78 is 1.15. The first kappa shape index (κ1) is 19.2. The van der Waals surface area contributed by atoms with E-state index in [0.717, 1.165) is 20.5 Å². The molecule has 0 aliphatic rings. The molecular weight excluding hydrogens is 429 g/mol. The largest absolute Gasteiger partial charge is 0.376 e. The fraction of sp³-hybridized carbons (Fsp3) is 0.263. The van der Waals surface area contributed by atoms with Crippen LogP contribution in [0.15, 0.2) is 48.5 Å². The number of amides is 2. The van der Waals surface area contributed by atoms with Gasteiger partial charge >= 0.3 is 0 Å². The van der Waals surface area contributed by atoms with Crippen molar-refractivity contribution in [1.82, 2.24) is 4.90 Å². The molecule has 2 aromatic carbocycles. The van der Waals surface area contributed by atoms with Crippen LogP contribution in [0.1, 0.15) is 12.0 Å². The summed E-state index contributed by atoms with van der Waals surface area (Å²) in [5, 5.41) is 5.94. The van der Waals surface area contributed by atoms with Gasteiger partial charge in [0.1, 0.15) is 0 Å². The first-order valence-electron chi connectivity index (χ1n) is 8.02. The number of aryl methyl sites for hydroxylation is 1. The SMILES string of the molecule is CN(C)C(=O)CCc1ccc(NC(=O)CNc2ccc(I)cc2)cc1. The van der Waals surface area contributed by atoms with Crippen molar-refractivity contribution in [2.45, 2.75) is 12.8 Å². The van der Waals surface area contributed by atoms with Gasteiger partial charge in [-0.25, -0.2) is 0 Å². The standard InChI is InChI=1S/C19H22IN3O2/c1-23(2)19(25)12-5-14-3-8-17(9-4-14)22-18(24)13-21-16-10-6-15(20)7-11-16/h3-4,6-11,21H,5,12-13H2,1-2H3,(H,22,24). The minimum absolute atomic E-state index is 0.103. The molecule has 0 spiro atoms. The molecule has 0 saturated carbocycles. The number of nitrogens with zero attached hydrogens (tertiary/aromatic N) is 1. The van der Waals surface area contributed by atoms with E-state index >= 15 is 0 Å². The Morgan fingerprint density at radius 1 is 0.960 bits per heavy atom. The second kappa shape index (κ2) is 9.41. The molecule has 0 aliphatic heterocycles. The van der Waals surface area contributed by atoms with Gasteiger partial charge in [-0.3, -0.25) is 9.59 Å². The van der Waals surface area contributed by atoms with Gasteiger partial charge in [0.25, 0.3) is 0 Å². The van der Waals surface area contributed by atoms with E-state index in [2.05, 4.69) is 33.2 Å². The number of hydrogen-bond donors (Lipinski definition) is 2. The highest BCUT2D eigenvalue weighted by Crippen LogP contribution is 2.13. The molecule has 0 atom stereocenters. The van der Waals surface area contributed by atoms with Crippen molar-refractivity contribution in [1.29, 1.82) is 0 Å². The molecule has 0 heterocycles. The topological polar surface area (TPSA) is 61.4 Å². The molecule has 0 aliphatic carbocycles. The van der Waals surface area contributed by atoms with E-state index in [1.807, 2.05) is 48.5 Å². The normalized spacial score (nSPS) is 10.2. The van der Waals surface area contributed by atoms with E-state index < -0.39 is 0 Å². The maximum atomic E-state index is 12.0. The van der Waals surface area contributed by atoms with Gasteiger partial charge in [0.2, 0.25) is 11.8 Å². The lowest BCUT2D eigenvalue weighted by Gasteiger charge is -2.10. The van der Waals surface area contributed by atoms with E-state index in [0.29, 0.717) is 12.8 Å². The number of hydrogen-bond acceptors (Lipinski definition) is 3. The zero-order valence-corrected chi connectivity index (χ0v) is 16.5. The van der Waals surface area contributed by atoms with Crippen LogP contribution >= 0.6 is 22.6 Å². The summed E-state index contributed by atoms with van der Waals surface area (Å²) in [5.74, 6) is 0.00754. The predicted molar refractivity (Wildman–Crippen MR) is 110 cm³/mol. The van der Waals surface area contributed by atoms with Gasteiger partial charge in [0.15, 0.2) is 0 Å². The van der Waals surface area contributed by atoms with Crippen molar-refractivity contribution in [2.24, 2.45) is 0 Å². The number of anilines is 2. The maximum absolute atomic E-state index is 12.0. The van der Waals surface area contributed by atoms with Gasteiger partial charge in [-0.1, -0.05) is 12.1 Å². The molecule has 0 fully saturated rings. The van der Waals surface area contributed by atoms with Crippen molar-refractivity contribution < 1.29 is 9.59 Å². The molecule has 2 N–H and O–H groups in total. The van der Waals surface area contributed by atoms with E-state index in [1.54, 1.807) is 19.0 Å². The summed E-state index contributed by atoms with van der Waals surface area (Å²) in [4.78, 5) is 25.2. The van der Waals surface area contributed by atoms with Crippen LogP contribution in [0.5, 0.6) is 0 Å². The molecule has 2 amide bonds. The van der Waals surface area contributed by atoms with Crippen LogP contribution in [0.3, 0.4) is 0 Å². The summed E-state index contributed by atoms with van der Waals surface area (Å²) in [6.45, 7) is 0.208. The number of carbonyl (C=O) groups excluding carboxylic acids is 2. The molecule has 2 rings (SSSR count). The van der Waals surface area contributed by atoms with Crippen LogP contribution < -0.4 is 10.6 Å². The van der Waals surface area contributed by atoms with Gasteiger partial charge in [0.05, 0.1) is 6.54 Å². The minimum Gasteiger partial charge on any atom is -0.376 e. The van der Waals surface area contributed by atoms with Gasteiger partial charge in [0, 0.05) is 35.5 Å². The molecule has 6 heteroatoms. The number of benzene rings is 2. The molecule has 0 aromatic heterocycles. The molecule has 0 bridgehead atoms. The Bertz CT molecular complexity index is 712. The second-order valence-electron chi connectivity index (χ2n) is 5.89. The highest BCUT2D eigenvalue weighted by molar-refractivity contribution is 14.1. The highest BCUT2D eigenvalue weighted by Gasteiger charge is 2.05. The third kappa shape index (κ3) is 6.74. The van der Waals surface area contributed by atoms with Gasteiger partial charge in [-0.15, -0.1) is 0 Å². The smallest absolute Gasteiger partial charge is 0.243 e. The van der Waals surface area contributed by atoms with Crippen LogP contribution in [-0.2, 0) is 16.0 Å². The predicted octanol–water partition coefficient (Wildman–Crippen LogP) is 3.36. The van der Waals surface area contributed by atoms with Crippen molar-refractivity contribution in [3.05, 3.63) is 57.7 Å². The number of nitrogens with one attached hydrogen (secondary N) is 2. The Morgan fingerprint density at radius 2 is 1.56 bits per heavy atom. The minimum atomic E-state index is -0.103. The Morgan fingerprint density at radius 3 is 2.16 bits per heavy atom. The number of rotatable bonds is 7. The number of halogens is 1. The Hall–Kier alpha value is -2.09. The molecule has 0 radical (unpaired) electrons. The lowest BCUT2D eigenvalue weighted by molar-refractivity contribution is -0.128. The fourth-order valence-electron chi connectivity index (χ4n) is 2.18. The lowest BCUT2D eigenvalue weighted by Crippen LogP contribution is -2.22. The van der Waals surface area contributed by atoms with Crippen LogP contribution in [0.2, 0.25) is 0 Å². The van der Waals surface area contributed by atoms with Crippen LogP contribution in [0.4, 0.5) is 11.4 Å². The summed E-state index contributed by atoms with van der Waals surface area (Å²) in [5.41, 5.74) is 2.73. The molecule has 132 valence electrons. The van der Waals surface area contributed by atoms with E-state index in [4.69, 9.17) is 0 Å². The summed E-state index contributed by atoms with van der Waals surface area (Å²) in [6.07, 6.45) is 1.18. The molecule has 2 aromatic rings. The van der Waals surface area contributed by atoms with Crippen LogP contribution in [0, 0.1) is 3.57 Å². The highest BCUT2D eigenvalue weighted by atomic mass is 127.